The van der Waals surface area contributed by atoms with Crippen LogP contribution in [0.3, 0.4) is 0 Å². The van der Waals surface area contributed by atoms with Crippen LogP contribution in [-0.4, -0.2) is 43.5 Å². The highest BCUT2D eigenvalue weighted by Gasteiger charge is 2.29. The predicted octanol–water partition coefficient (Wildman–Crippen LogP) is 3.17. The van der Waals surface area contributed by atoms with Crippen molar-refractivity contribution in [3.05, 3.63) is 59.7 Å². The van der Waals surface area contributed by atoms with Crippen LogP contribution in [0, 0.1) is 6.92 Å². The number of benzene rings is 2. The van der Waals surface area contributed by atoms with Gasteiger partial charge in [-0.25, -0.2) is 8.42 Å². The van der Waals surface area contributed by atoms with Gasteiger partial charge in [-0.2, -0.15) is 0 Å². The van der Waals surface area contributed by atoms with Crippen molar-refractivity contribution in [3.8, 4) is 0 Å². The number of sulfonamides is 1. The molecule has 7 heteroatoms. The van der Waals surface area contributed by atoms with E-state index in [-0.39, 0.29) is 16.8 Å². The minimum absolute atomic E-state index is 0.180. The molecule has 1 fully saturated rings. The molecule has 2 atom stereocenters. The first-order valence-electron chi connectivity index (χ1n) is 9.43. The Labute approximate surface area is 166 Å². The first-order chi connectivity index (χ1) is 13.3. The summed E-state index contributed by atoms with van der Waals surface area (Å²) in [6.07, 6.45) is 2.98. The van der Waals surface area contributed by atoms with Crippen molar-refractivity contribution in [1.82, 2.24) is 4.90 Å². The van der Waals surface area contributed by atoms with E-state index in [1.54, 1.807) is 60.5 Å². The summed E-state index contributed by atoms with van der Waals surface area (Å²) in [6.45, 7) is 1.89. The van der Waals surface area contributed by atoms with Gasteiger partial charge in [-0.1, -0.05) is 30.5 Å². The maximum absolute atomic E-state index is 12.7. The van der Waals surface area contributed by atoms with Gasteiger partial charge in [-0.3, -0.25) is 9.52 Å². The Bertz CT molecular complexity index is 924. The van der Waals surface area contributed by atoms with Crippen molar-refractivity contribution >= 4 is 21.6 Å². The Morgan fingerprint density at radius 1 is 1.04 bits per heavy atom. The number of carbonyl (C=O) groups excluding carboxylic acids is 1. The standard InChI is InChI=1S/C21H26N2O4S/c1-15-7-13-18(14-8-15)28(26,27)22-17-11-9-16(10-12-17)21(25)23(2)19-5-3-4-6-20(19)24/h7-14,19-20,22,24H,3-6H2,1-2H3/t19-,20+/m1/s1. The molecule has 0 aromatic heterocycles. The maximum Gasteiger partial charge on any atom is 0.261 e. The molecule has 0 heterocycles. The largest absolute Gasteiger partial charge is 0.391 e. The van der Waals surface area contributed by atoms with Crippen LogP contribution in [0.15, 0.2) is 53.4 Å². The monoisotopic (exact) mass is 402 g/mol. The number of nitrogens with one attached hydrogen (secondary N) is 1. The van der Waals surface area contributed by atoms with Gasteiger partial charge < -0.3 is 10.0 Å². The highest BCUT2D eigenvalue weighted by Crippen LogP contribution is 2.24. The first-order valence-corrected chi connectivity index (χ1v) is 10.9. The molecule has 1 saturated carbocycles. The van der Waals surface area contributed by atoms with Crippen LogP contribution < -0.4 is 4.72 Å². The number of anilines is 1. The fourth-order valence-corrected chi connectivity index (χ4v) is 4.57. The van der Waals surface area contributed by atoms with Crippen LogP contribution in [0.5, 0.6) is 0 Å². The predicted molar refractivity (Wildman–Crippen MR) is 109 cm³/mol. The number of aliphatic hydroxyl groups is 1. The van der Waals surface area contributed by atoms with Crippen LogP contribution in [0.1, 0.15) is 41.6 Å². The summed E-state index contributed by atoms with van der Waals surface area (Å²) in [5.41, 5.74) is 1.82. The molecule has 1 aliphatic rings. The summed E-state index contributed by atoms with van der Waals surface area (Å²) in [5.74, 6) is -0.182. The molecular formula is C21H26N2O4S. The number of rotatable bonds is 5. The smallest absolute Gasteiger partial charge is 0.261 e. The molecule has 0 saturated heterocycles. The van der Waals surface area contributed by atoms with E-state index in [1.165, 1.54) is 0 Å². The van der Waals surface area contributed by atoms with Gasteiger partial charge in [0, 0.05) is 18.3 Å². The van der Waals surface area contributed by atoms with E-state index < -0.39 is 16.1 Å². The van der Waals surface area contributed by atoms with Gasteiger partial charge >= 0.3 is 0 Å². The van der Waals surface area contributed by atoms with Crippen molar-refractivity contribution in [2.24, 2.45) is 0 Å². The molecule has 150 valence electrons. The minimum Gasteiger partial charge on any atom is -0.391 e. The summed E-state index contributed by atoms with van der Waals surface area (Å²) >= 11 is 0. The number of hydrogen-bond donors (Lipinski definition) is 2. The lowest BCUT2D eigenvalue weighted by Gasteiger charge is -2.35. The number of aryl methyl sites for hydroxylation is 1. The summed E-state index contributed by atoms with van der Waals surface area (Å²) < 4.78 is 27.5. The maximum atomic E-state index is 12.7. The molecule has 0 unspecified atom stereocenters. The van der Waals surface area contributed by atoms with Crippen LogP contribution >= 0.6 is 0 Å². The summed E-state index contributed by atoms with van der Waals surface area (Å²) in [4.78, 5) is 14.5. The highest BCUT2D eigenvalue weighted by molar-refractivity contribution is 7.92. The third-order valence-corrected chi connectivity index (χ3v) is 6.62. The van der Waals surface area contributed by atoms with Gasteiger partial charge in [0.05, 0.1) is 17.0 Å². The molecule has 0 aliphatic heterocycles. The second-order valence-electron chi connectivity index (χ2n) is 7.33. The molecule has 0 spiro atoms. The molecule has 1 aliphatic carbocycles. The van der Waals surface area contributed by atoms with E-state index in [2.05, 4.69) is 4.72 Å². The Morgan fingerprint density at radius 2 is 1.64 bits per heavy atom. The van der Waals surface area contributed by atoms with E-state index in [1.807, 2.05) is 6.92 Å². The molecular weight excluding hydrogens is 376 g/mol. The minimum atomic E-state index is -3.68. The van der Waals surface area contributed by atoms with Crippen molar-refractivity contribution < 1.29 is 18.3 Å². The third-order valence-electron chi connectivity index (χ3n) is 5.23. The SMILES string of the molecule is Cc1ccc(S(=O)(=O)Nc2ccc(C(=O)N(C)[C@@H]3CCCC[C@@H]3O)cc2)cc1. The van der Waals surface area contributed by atoms with Crippen LogP contribution in [-0.2, 0) is 10.0 Å². The van der Waals surface area contributed by atoms with Crippen molar-refractivity contribution in [2.45, 2.75) is 49.6 Å². The molecule has 2 aromatic carbocycles. The Balaban J connectivity index is 1.70. The number of amides is 1. The number of nitrogens with zero attached hydrogens (tertiary/aromatic N) is 1. The topological polar surface area (TPSA) is 86.7 Å². The van der Waals surface area contributed by atoms with Gasteiger partial charge in [0.25, 0.3) is 15.9 Å². The zero-order valence-electron chi connectivity index (χ0n) is 16.1. The lowest BCUT2D eigenvalue weighted by atomic mass is 9.91. The Kier molecular flexibility index (Phi) is 6.05. The van der Waals surface area contributed by atoms with E-state index in [9.17, 15) is 18.3 Å². The van der Waals surface area contributed by atoms with Gasteiger partial charge in [-0.15, -0.1) is 0 Å². The second kappa shape index (κ2) is 8.32. The molecule has 0 bridgehead atoms. The number of likely N-dealkylation sites (N-methyl/N-ethyl adjacent to an activating group) is 1. The molecule has 28 heavy (non-hydrogen) atoms. The lowest BCUT2D eigenvalue weighted by Crippen LogP contribution is -2.46. The summed E-state index contributed by atoms with van der Waals surface area (Å²) in [7, 11) is -1.98. The average Bonchev–Trinajstić information content (AvgIpc) is 2.68. The number of hydrogen-bond acceptors (Lipinski definition) is 4. The first kappa shape index (κ1) is 20.4. The summed E-state index contributed by atoms with van der Waals surface area (Å²) in [5, 5.41) is 10.2. The zero-order chi connectivity index (χ0) is 20.3. The molecule has 6 nitrogen and oxygen atoms in total. The fraction of sp³-hybridized carbons (Fsp3) is 0.381. The molecule has 3 rings (SSSR count). The van der Waals surface area contributed by atoms with E-state index in [4.69, 9.17) is 0 Å². The van der Waals surface area contributed by atoms with Gasteiger partial charge in [-0.05, 0) is 56.2 Å². The van der Waals surface area contributed by atoms with Gasteiger partial charge in [0.1, 0.15) is 0 Å². The molecule has 2 N–H and O–H groups in total. The third kappa shape index (κ3) is 4.54. The van der Waals surface area contributed by atoms with E-state index in [0.717, 1.165) is 24.8 Å². The quantitative estimate of drug-likeness (QED) is 0.804. The van der Waals surface area contributed by atoms with Crippen molar-refractivity contribution in [1.29, 1.82) is 0 Å². The number of carbonyl (C=O) groups is 1. The lowest BCUT2D eigenvalue weighted by molar-refractivity contribution is 0.0268. The molecule has 2 aromatic rings. The fourth-order valence-electron chi connectivity index (χ4n) is 3.51. The van der Waals surface area contributed by atoms with Crippen LogP contribution in [0.4, 0.5) is 5.69 Å². The Hall–Kier alpha value is -2.38. The Morgan fingerprint density at radius 3 is 2.25 bits per heavy atom. The van der Waals surface area contributed by atoms with Crippen molar-refractivity contribution in [2.75, 3.05) is 11.8 Å². The normalized spacial score (nSPS) is 19.8. The van der Waals surface area contributed by atoms with Gasteiger partial charge in [0.2, 0.25) is 0 Å². The molecule has 1 amide bonds. The van der Waals surface area contributed by atoms with Crippen LogP contribution in [0.2, 0.25) is 0 Å². The zero-order valence-corrected chi connectivity index (χ0v) is 16.9. The average molecular weight is 403 g/mol. The van der Waals surface area contributed by atoms with Gasteiger partial charge in [0.15, 0.2) is 0 Å². The number of aliphatic hydroxyl groups excluding tert-OH is 1. The second-order valence-corrected chi connectivity index (χ2v) is 9.01. The van der Waals surface area contributed by atoms with Crippen molar-refractivity contribution in [3.63, 3.8) is 0 Å². The van der Waals surface area contributed by atoms with E-state index >= 15 is 0 Å². The molecule has 0 radical (unpaired) electrons. The summed E-state index contributed by atoms with van der Waals surface area (Å²) in [6, 6.07) is 12.8. The van der Waals surface area contributed by atoms with E-state index in [0.29, 0.717) is 17.7 Å². The highest BCUT2D eigenvalue weighted by atomic mass is 32.2. The van der Waals surface area contributed by atoms with Crippen LogP contribution in [0.25, 0.3) is 0 Å².